The van der Waals surface area contributed by atoms with Crippen molar-refractivity contribution >= 4 is 0 Å². The topological polar surface area (TPSA) is 32.7 Å². The number of likely N-dealkylation sites (tertiary alicyclic amines) is 1. The third kappa shape index (κ3) is 4.51. The van der Waals surface area contributed by atoms with E-state index in [1.165, 1.54) is 18.4 Å². The predicted octanol–water partition coefficient (Wildman–Crippen LogP) is 2.61. The molecular weight excluding hydrogens is 238 g/mol. The normalized spacial score (nSPS) is 20.4. The van der Waals surface area contributed by atoms with Crippen LogP contribution in [0.5, 0.6) is 5.75 Å². The summed E-state index contributed by atoms with van der Waals surface area (Å²) in [5.41, 5.74) is 1.23. The van der Waals surface area contributed by atoms with Gasteiger partial charge in [0.15, 0.2) is 0 Å². The van der Waals surface area contributed by atoms with Gasteiger partial charge in [-0.25, -0.2) is 0 Å². The average molecular weight is 263 g/mol. The maximum atomic E-state index is 9.35. The average Bonchev–Trinajstić information content (AvgIpc) is 2.44. The van der Waals surface area contributed by atoms with E-state index in [1.54, 1.807) is 0 Å². The zero-order valence-corrected chi connectivity index (χ0v) is 11.8. The lowest BCUT2D eigenvalue weighted by atomic mass is 10.0. The molecule has 1 aromatic rings. The summed E-state index contributed by atoms with van der Waals surface area (Å²) in [4.78, 5) is 2.41. The van der Waals surface area contributed by atoms with Crippen molar-refractivity contribution < 1.29 is 9.84 Å². The lowest BCUT2D eigenvalue weighted by molar-refractivity contribution is 0.0851. The molecule has 0 radical (unpaired) electrons. The van der Waals surface area contributed by atoms with Crippen LogP contribution in [-0.2, 0) is 0 Å². The minimum Gasteiger partial charge on any atom is -0.494 e. The Balaban J connectivity index is 1.68. The second-order valence-corrected chi connectivity index (χ2v) is 5.39. The molecule has 3 nitrogen and oxygen atoms in total. The fraction of sp³-hybridized carbons (Fsp3) is 0.625. The van der Waals surface area contributed by atoms with Gasteiger partial charge in [0.2, 0.25) is 0 Å². The Labute approximate surface area is 116 Å². The van der Waals surface area contributed by atoms with Gasteiger partial charge in [0, 0.05) is 12.6 Å². The molecule has 0 amide bonds. The van der Waals surface area contributed by atoms with E-state index < -0.39 is 0 Å². The van der Waals surface area contributed by atoms with Crippen molar-refractivity contribution in [2.75, 3.05) is 26.3 Å². The first-order chi connectivity index (χ1) is 9.29. The maximum Gasteiger partial charge on any atom is 0.119 e. The molecule has 2 rings (SSSR count). The van der Waals surface area contributed by atoms with E-state index in [4.69, 9.17) is 4.74 Å². The van der Waals surface area contributed by atoms with Gasteiger partial charge in [-0.3, -0.25) is 4.90 Å². The predicted molar refractivity (Wildman–Crippen MR) is 77.6 cm³/mol. The van der Waals surface area contributed by atoms with Crippen molar-refractivity contribution in [3.63, 3.8) is 0 Å². The molecule has 0 aliphatic carbocycles. The zero-order valence-electron chi connectivity index (χ0n) is 11.8. The van der Waals surface area contributed by atoms with E-state index in [0.717, 1.165) is 38.3 Å². The largest absolute Gasteiger partial charge is 0.494 e. The summed E-state index contributed by atoms with van der Waals surface area (Å²) in [6.45, 7) is 5.26. The lowest BCUT2D eigenvalue weighted by Crippen LogP contribution is -2.42. The van der Waals surface area contributed by atoms with Gasteiger partial charge in [-0.05, 0) is 50.4 Å². The van der Waals surface area contributed by atoms with Crippen molar-refractivity contribution in [3.05, 3.63) is 29.8 Å². The van der Waals surface area contributed by atoms with Crippen LogP contribution in [0.2, 0.25) is 0 Å². The van der Waals surface area contributed by atoms with Crippen molar-refractivity contribution in [2.24, 2.45) is 0 Å². The number of hydrogen-bond acceptors (Lipinski definition) is 3. The molecule has 1 heterocycles. The minimum absolute atomic E-state index is 0.290. The molecule has 3 heteroatoms. The molecule has 0 spiro atoms. The van der Waals surface area contributed by atoms with Crippen LogP contribution in [0.25, 0.3) is 0 Å². The van der Waals surface area contributed by atoms with Crippen LogP contribution in [0.1, 0.15) is 31.2 Å². The molecular formula is C16H25NO2. The first-order valence-electron chi connectivity index (χ1n) is 7.34. The highest BCUT2D eigenvalue weighted by atomic mass is 16.5. The number of piperidine rings is 1. The Kier molecular flexibility index (Phi) is 5.67. The van der Waals surface area contributed by atoms with Crippen LogP contribution in [0.15, 0.2) is 24.3 Å². The highest BCUT2D eigenvalue weighted by molar-refractivity contribution is 5.27. The molecule has 1 fully saturated rings. The molecule has 0 saturated carbocycles. The number of rotatable bonds is 6. The second kappa shape index (κ2) is 7.51. The number of benzene rings is 1. The molecule has 106 valence electrons. The Morgan fingerprint density at radius 1 is 1.37 bits per heavy atom. The number of nitrogens with zero attached hydrogens (tertiary/aromatic N) is 1. The third-order valence-corrected chi connectivity index (χ3v) is 3.81. The van der Waals surface area contributed by atoms with Crippen LogP contribution < -0.4 is 4.74 Å². The third-order valence-electron chi connectivity index (χ3n) is 3.81. The molecule has 0 aromatic heterocycles. The van der Waals surface area contributed by atoms with Crippen molar-refractivity contribution in [1.29, 1.82) is 0 Å². The molecule has 1 atom stereocenters. The minimum atomic E-state index is 0.290. The van der Waals surface area contributed by atoms with E-state index in [0.29, 0.717) is 12.6 Å². The monoisotopic (exact) mass is 263 g/mol. The van der Waals surface area contributed by atoms with Gasteiger partial charge in [-0.1, -0.05) is 18.6 Å². The summed E-state index contributed by atoms with van der Waals surface area (Å²) in [6.07, 6.45) is 4.66. The summed E-state index contributed by atoms with van der Waals surface area (Å²) in [5, 5.41) is 9.35. The molecule has 1 aliphatic heterocycles. The summed E-state index contributed by atoms with van der Waals surface area (Å²) in [6, 6.07) is 8.54. The van der Waals surface area contributed by atoms with E-state index in [1.807, 2.05) is 12.1 Å². The number of aliphatic hydroxyl groups is 1. The van der Waals surface area contributed by atoms with Gasteiger partial charge in [0.25, 0.3) is 0 Å². The quantitative estimate of drug-likeness (QED) is 0.801. The lowest BCUT2D eigenvalue weighted by Gasteiger charge is -2.34. The number of ether oxygens (including phenoxy) is 1. The molecule has 1 N–H and O–H groups in total. The van der Waals surface area contributed by atoms with Crippen LogP contribution >= 0.6 is 0 Å². The van der Waals surface area contributed by atoms with Crippen LogP contribution in [-0.4, -0.2) is 42.4 Å². The maximum absolute atomic E-state index is 9.35. The highest BCUT2D eigenvalue weighted by Gasteiger charge is 2.20. The van der Waals surface area contributed by atoms with E-state index in [2.05, 4.69) is 24.0 Å². The first kappa shape index (κ1) is 14.4. The SMILES string of the molecule is Cc1cccc(OCCCN2CCCCC2CO)c1. The van der Waals surface area contributed by atoms with Gasteiger partial charge in [0.05, 0.1) is 13.2 Å². The summed E-state index contributed by atoms with van der Waals surface area (Å²) < 4.78 is 5.76. The van der Waals surface area contributed by atoms with E-state index in [-0.39, 0.29) is 0 Å². The van der Waals surface area contributed by atoms with Gasteiger partial charge < -0.3 is 9.84 Å². The number of hydrogen-bond donors (Lipinski definition) is 1. The summed E-state index contributed by atoms with van der Waals surface area (Å²) in [7, 11) is 0. The van der Waals surface area contributed by atoms with E-state index >= 15 is 0 Å². The molecule has 1 unspecified atom stereocenters. The van der Waals surface area contributed by atoms with Crippen LogP contribution in [0.4, 0.5) is 0 Å². The fourth-order valence-corrected chi connectivity index (χ4v) is 2.72. The van der Waals surface area contributed by atoms with Crippen LogP contribution in [0, 0.1) is 6.92 Å². The number of aliphatic hydroxyl groups excluding tert-OH is 1. The zero-order chi connectivity index (χ0) is 13.5. The Morgan fingerprint density at radius 3 is 3.05 bits per heavy atom. The van der Waals surface area contributed by atoms with Gasteiger partial charge >= 0.3 is 0 Å². The van der Waals surface area contributed by atoms with Crippen LogP contribution in [0.3, 0.4) is 0 Å². The molecule has 1 saturated heterocycles. The summed E-state index contributed by atoms with van der Waals surface area (Å²) >= 11 is 0. The Morgan fingerprint density at radius 2 is 2.26 bits per heavy atom. The molecule has 19 heavy (non-hydrogen) atoms. The Bertz CT molecular complexity index is 381. The first-order valence-corrected chi connectivity index (χ1v) is 7.34. The van der Waals surface area contributed by atoms with Crippen molar-refractivity contribution in [2.45, 2.75) is 38.6 Å². The number of aryl methyl sites for hydroxylation is 1. The van der Waals surface area contributed by atoms with Crippen molar-refractivity contribution in [1.82, 2.24) is 4.90 Å². The molecule has 0 bridgehead atoms. The van der Waals surface area contributed by atoms with Gasteiger partial charge in [0.1, 0.15) is 5.75 Å². The van der Waals surface area contributed by atoms with E-state index in [9.17, 15) is 5.11 Å². The Hall–Kier alpha value is -1.06. The van der Waals surface area contributed by atoms with Gasteiger partial charge in [-0.15, -0.1) is 0 Å². The van der Waals surface area contributed by atoms with Crippen molar-refractivity contribution in [3.8, 4) is 5.75 Å². The highest BCUT2D eigenvalue weighted by Crippen LogP contribution is 2.17. The molecule has 1 aliphatic rings. The van der Waals surface area contributed by atoms with Gasteiger partial charge in [-0.2, -0.15) is 0 Å². The summed E-state index contributed by atoms with van der Waals surface area (Å²) in [5.74, 6) is 0.956. The second-order valence-electron chi connectivity index (χ2n) is 5.39. The smallest absolute Gasteiger partial charge is 0.119 e. The fourth-order valence-electron chi connectivity index (χ4n) is 2.72. The molecule has 1 aromatic carbocycles. The standard InChI is InChI=1S/C16H25NO2/c1-14-6-4-8-16(12-14)19-11-5-10-17-9-3-2-7-15(17)13-18/h4,6,8,12,15,18H,2-3,5,7,9-11,13H2,1H3.